The van der Waals surface area contributed by atoms with Crippen LogP contribution < -0.4 is 0 Å². The van der Waals surface area contributed by atoms with E-state index in [0.29, 0.717) is 6.42 Å². The molecule has 1 fully saturated rings. The zero-order chi connectivity index (χ0) is 17.0. The topological polar surface area (TPSA) is 57.5 Å². The number of hydrogen-bond acceptors (Lipinski definition) is 2. The lowest BCUT2D eigenvalue weighted by atomic mass is 9.81. The summed E-state index contributed by atoms with van der Waals surface area (Å²) in [7, 11) is 0. The summed E-state index contributed by atoms with van der Waals surface area (Å²) in [5.41, 5.74) is 0.217. The number of aliphatic hydroxyl groups is 1. The van der Waals surface area contributed by atoms with E-state index in [9.17, 15) is 9.90 Å². The Labute approximate surface area is 141 Å². The lowest BCUT2D eigenvalue weighted by Gasteiger charge is -2.24. The van der Waals surface area contributed by atoms with Gasteiger partial charge in [0.2, 0.25) is 0 Å². The largest absolute Gasteiger partial charge is 0.481 e. The zero-order valence-corrected chi connectivity index (χ0v) is 14.7. The average molecular weight is 322 g/mol. The van der Waals surface area contributed by atoms with E-state index in [4.69, 9.17) is 5.11 Å². The first-order chi connectivity index (χ1) is 11.1. The molecule has 1 atom stereocenters. The van der Waals surface area contributed by atoms with Gasteiger partial charge in [0.25, 0.3) is 0 Å². The Morgan fingerprint density at radius 3 is 2.57 bits per heavy atom. The Hall–Kier alpha value is -1.09. The van der Waals surface area contributed by atoms with Crippen LogP contribution in [-0.2, 0) is 4.79 Å². The third-order valence-electron chi connectivity index (χ3n) is 4.83. The SMILES string of the molecule is CCCCCC(O)C=CC1(CC=CCCCC(=O)O)CCCC1. The molecule has 1 rings (SSSR count). The predicted molar refractivity (Wildman–Crippen MR) is 95.4 cm³/mol. The highest BCUT2D eigenvalue weighted by molar-refractivity contribution is 5.66. The minimum absolute atomic E-state index is 0.217. The maximum atomic E-state index is 10.5. The van der Waals surface area contributed by atoms with Crippen LogP contribution in [-0.4, -0.2) is 22.3 Å². The van der Waals surface area contributed by atoms with Crippen molar-refractivity contribution < 1.29 is 15.0 Å². The molecule has 2 N–H and O–H groups in total. The number of aliphatic hydroxyl groups excluding tert-OH is 1. The molecule has 132 valence electrons. The van der Waals surface area contributed by atoms with E-state index in [0.717, 1.165) is 25.7 Å². The lowest BCUT2D eigenvalue weighted by Crippen LogP contribution is -2.13. The van der Waals surface area contributed by atoms with Gasteiger partial charge in [0, 0.05) is 6.42 Å². The van der Waals surface area contributed by atoms with Crippen LogP contribution in [0.2, 0.25) is 0 Å². The molecule has 3 heteroatoms. The van der Waals surface area contributed by atoms with E-state index < -0.39 is 5.97 Å². The monoisotopic (exact) mass is 322 g/mol. The number of hydrogen-bond donors (Lipinski definition) is 2. The van der Waals surface area contributed by atoms with Gasteiger partial charge >= 0.3 is 5.97 Å². The highest BCUT2D eigenvalue weighted by Crippen LogP contribution is 2.43. The Morgan fingerprint density at radius 1 is 1.17 bits per heavy atom. The average Bonchev–Trinajstić information content (AvgIpc) is 2.98. The molecule has 0 radical (unpaired) electrons. The Bertz CT molecular complexity index is 378. The van der Waals surface area contributed by atoms with Gasteiger partial charge in [-0.2, -0.15) is 0 Å². The second-order valence-electron chi connectivity index (χ2n) is 6.95. The molecule has 0 saturated heterocycles. The van der Waals surface area contributed by atoms with Crippen LogP contribution in [0, 0.1) is 5.41 Å². The Morgan fingerprint density at radius 2 is 1.91 bits per heavy atom. The summed E-state index contributed by atoms with van der Waals surface area (Å²) in [5.74, 6) is -0.717. The third kappa shape index (κ3) is 8.95. The molecule has 0 spiro atoms. The summed E-state index contributed by atoms with van der Waals surface area (Å²) in [6.45, 7) is 2.18. The van der Waals surface area contributed by atoms with Gasteiger partial charge in [-0.25, -0.2) is 0 Å². The highest BCUT2D eigenvalue weighted by Gasteiger charge is 2.29. The third-order valence-corrected chi connectivity index (χ3v) is 4.83. The molecule has 0 aliphatic heterocycles. The van der Waals surface area contributed by atoms with Crippen LogP contribution in [0.5, 0.6) is 0 Å². The van der Waals surface area contributed by atoms with E-state index in [1.54, 1.807) is 0 Å². The molecule has 0 heterocycles. The lowest BCUT2D eigenvalue weighted by molar-refractivity contribution is -0.137. The second-order valence-corrected chi connectivity index (χ2v) is 6.95. The minimum Gasteiger partial charge on any atom is -0.481 e. The second kappa shape index (κ2) is 11.4. The number of unbranched alkanes of at least 4 members (excludes halogenated alkanes) is 3. The maximum Gasteiger partial charge on any atom is 0.303 e. The van der Waals surface area contributed by atoms with Crippen LogP contribution in [0.1, 0.15) is 84.0 Å². The van der Waals surface area contributed by atoms with Crippen molar-refractivity contribution >= 4 is 5.97 Å². The maximum absolute atomic E-state index is 10.5. The first-order valence-electron chi connectivity index (χ1n) is 9.32. The molecule has 1 unspecified atom stereocenters. The van der Waals surface area contributed by atoms with Gasteiger partial charge in [-0.05, 0) is 43.9 Å². The fourth-order valence-electron chi connectivity index (χ4n) is 3.34. The van der Waals surface area contributed by atoms with Crippen LogP contribution >= 0.6 is 0 Å². The number of aliphatic carboxylic acids is 1. The van der Waals surface area contributed by atoms with Crippen LogP contribution in [0.25, 0.3) is 0 Å². The number of rotatable bonds is 12. The fourth-order valence-corrected chi connectivity index (χ4v) is 3.34. The molecule has 0 aromatic rings. The molecule has 1 aliphatic rings. The van der Waals surface area contributed by atoms with Crippen molar-refractivity contribution in [2.45, 2.75) is 90.1 Å². The molecular formula is C20H34O3. The predicted octanol–water partition coefficient (Wildman–Crippen LogP) is 5.25. The zero-order valence-electron chi connectivity index (χ0n) is 14.7. The summed E-state index contributed by atoms with van der Waals surface area (Å²) < 4.78 is 0. The molecular weight excluding hydrogens is 288 g/mol. The fraction of sp³-hybridized carbons (Fsp3) is 0.750. The van der Waals surface area contributed by atoms with E-state index in [1.807, 2.05) is 6.08 Å². The van der Waals surface area contributed by atoms with Crippen molar-refractivity contribution in [1.82, 2.24) is 0 Å². The number of carbonyl (C=O) groups is 1. The van der Waals surface area contributed by atoms with Crippen LogP contribution in [0.4, 0.5) is 0 Å². The number of carboxylic acid groups (broad SMARTS) is 1. The van der Waals surface area contributed by atoms with Crippen molar-refractivity contribution in [2.75, 3.05) is 0 Å². The summed E-state index contributed by atoms with van der Waals surface area (Å²) >= 11 is 0. The first kappa shape index (κ1) is 20.0. The molecule has 1 aliphatic carbocycles. The molecule has 0 aromatic heterocycles. The van der Waals surface area contributed by atoms with Gasteiger partial charge in [0.05, 0.1) is 6.10 Å². The standard InChI is InChI=1S/C20H34O3/c1-2-3-6-11-18(21)13-17-20(15-9-10-16-20)14-8-5-4-7-12-19(22)23/h5,8,13,17-18,21H,2-4,6-7,9-12,14-16H2,1H3,(H,22,23). The summed E-state index contributed by atoms with van der Waals surface area (Å²) in [4.78, 5) is 10.5. The Balaban J connectivity index is 2.39. The smallest absolute Gasteiger partial charge is 0.303 e. The van der Waals surface area contributed by atoms with E-state index in [1.165, 1.54) is 38.5 Å². The van der Waals surface area contributed by atoms with Crippen molar-refractivity contribution in [2.24, 2.45) is 5.41 Å². The van der Waals surface area contributed by atoms with Gasteiger partial charge in [-0.3, -0.25) is 4.79 Å². The van der Waals surface area contributed by atoms with Crippen molar-refractivity contribution in [3.63, 3.8) is 0 Å². The number of allylic oxidation sites excluding steroid dienone is 3. The van der Waals surface area contributed by atoms with Crippen molar-refractivity contribution in [3.05, 3.63) is 24.3 Å². The van der Waals surface area contributed by atoms with Crippen LogP contribution in [0.15, 0.2) is 24.3 Å². The molecule has 0 bridgehead atoms. The van der Waals surface area contributed by atoms with Gasteiger partial charge in [0.15, 0.2) is 0 Å². The number of carboxylic acids is 1. The van der Waals surface area contributed by atoms with E-state index in [-0.39, 0.29) is 17.9 Å². The summed E-state index contributed by atoms with van der Waals surface area (Å²) in [6.07, 6.45) is 20.4. The van der Waals surface area contributed by atoms with Crippen molar-refractivity contribution in [3.8, 4) is 0 Å². The summed E-state index contributed by atoms with van der Waals surface area (Å²) in [6, 6.07) is 0. The molecule has 3 nitrogen and oxygen atoms in total. The molecule has 0 aromatic carbocycles. The van der Waals surface area contributed by atoms with Gasteiger partial charge in [-0.15, -0.1) is 0 Å². The van der Waals surface area contributed by atoms with Crippen molar-refractivity contribution in [1.29, 1.82) is 0 Å². The van der Waals surface area contributed by atoms with Crippen LogP contribution in [0.3, 0.4) is 0 Å². The van der Waals surface area contributed by atoms with E-state index >= 15 is 0 Å². The molecule has 1 saturated carbocycles. The van der Waals surface area contributed by atoms with Gasteiger partial charge in [-0.1, -0.05) is 63.3 Å². The van der Waals surface area contributed by atoms with Gasteiger partial charge in [0.1, 0.15) is 0 Å². The van der Waals surface area contributed by atoms with Gasteiger partial charge < -0.3 is 10.2 Å². The highest BCUT2D eigenvalue weighted by atomic mass is 16.4. The Kier molecular flexibility index (Phi) is 9.93. The summed E-state index contributed by atoms with van der Waals surface area (Å²) in [5, 5.41) is 18.7. The molecule has 23 heavy (non-hydrogen) atoms. The minimum atomic E-state index is -0.717. The normalized spacial score (nSPS) is 18.9. The molecule has 0 amide bonds. The van der Waals surface area contributed by atoms with E-state index in [2.05, 4.69) is 25.2 Å². The first-order valence-corrected chi connectivity index (χ1v) is 9.32. The quantitative estimate of drug-likeness (QED) is 0.381.